The fourth-order valence-electron chi connectivity index (χ4n) is 2.49. The predicted molar refractivity (Wildman–Crippen MR) is 91.2 cm³/mol. The minimum atomic E-state index is -0.654. The van der Waals surface area contributed by atoms with Crippen LogP contribution in [0.25, 0.3) is 10.8 Å². The molecule has 2 aromatic carbocycles. The number of esters is 1. The molecular formula is C18H22N2O3. The molecule has 2 rings (SSSR count). The van der Waals surface area contributed by atoms with Gasteiger partial charge in [-0.1, -0.05) is 44.0 Å². The van der Waals surface area contributed by atoms with Crippen molar-refractivity contribution in [3.63, 3.8) is 0 Å². The number of hydrogen-bond acceptors (Lipinski definition) is 4. The summed E-state index contributed by atoms with van der Waals surface area (Å²) in [5.74, 6) is -0.800. The molecule has 0 aromatic heterocycles. The van der Waals surface area contributed by atoms with Gasteiger partial charge in [-0.25, -0.2) is 4.79 Å². The molecule has 0 heterocycles. The zero-order valence-electron chi connectivity index (χ0n) is 13.5. The molecule has 0 aliphatic heterocycles. The summed E-state index contributed by atoms with van der Waals surface area (Å²) in [6, 6.07) is 10.5. The number of hydrogen-bond donors (Lipinski definition) is 2. The van der Waals surface area contributed by atoms with Gasteiger partial charge in [-0.2, -0.15) is 0 Å². The number of fused-ring (bicyclic) bond motifs is 1. The molecule has 0 saturated carbocycles. The molecule has 0 radical (unpaired) electrons. The maximum absolute atomic E-state index is 12.5. The van der Waals surface area contributed by atoms with Gasteiger partial charge >= 0.3 is 5.97 Å². The minimum Gasteiger partial charge on any atom is -0.467 e. The van der Waals surface area contributed by atoms with Crippen molar-refractivity contribution in [1.82, 2.24) is 5.32 Å². The molecular weight excluding hydrogens is 292 g/mol. The maximum atomic E-state index is 12.5. The zero-order valence-corrected chi connectivity index (χ0v) is 13.5. The number of ether oxygens (including phenoxy) is 1. The zero-order chi connectivity index (χ0) is 16.8. The van der Waals surface area contributed by atoms with Crippen LogP contribution in [0.4, 0.5) is 5.69 Å². The summed E-state index contributed by atoms with van der Waals surface area (Å²) < 4.78 is 4.76. The quantitative estimate of drug-likeness (QED) is 0.634. The number of carbonyl (C=O) groups is 2. The molecule has 0 spiro atoms. The lowest BCUT2D eigenvalue weighted by Crippen LogP contribution is -2.41. The second kappa shape index (κ2) is 7.63. The number of unbranched alkanes of at least 4 members (excludes halogenated alkanes) is 1. The van der Waals surface area contributed by atoms with E-state index in [9.17, 15) is 9.59 Å². The lowest BCUT2D eigenvalue weighted by Gasteiger charge is -2.17. The van der Waals surface area contributed by atoms with Crippen LogP contribution in [0.1, 0.15) is 36.5 Å². The van der Waals surface area contributed by atoms with E-state index in [0.29, 0.717) is 17.7 Å². The molecule has 0 aliphatic carbocycles. The van der Waals surface area contributed by atoms with Crippen LogP contribution in [0, 0.1) is 0 Å². The van der Waals surface area contributed by atoms with Crippen molar-refractivity contribution >= 4 is 28.3 Å². The van der Waals surface area contributed by atoms with E-state index in [1.165, 1.54) is 7.11 Å². The molecule has 23 heavy (non-hydrogen) atoms. The van der Waals surface area contributed by atoms with E-state index in [1.54, 1.807) is 12.1 Å². The highest BCUT2D eigenvalue weighted by Crippen LogP contribution is 2.22. The van der Waals surface area contributed by atoms with E-state index in [2.05, 4.69) is 5.32 Å². The summed E-state index contributed by atoms with van der Waals surface area (Å²) in [6.45, 7) is 2.03. The first-order valence-electron chi connectivity index (χ1n) is 7.73. The van der Waals surface area contributed by atoms with Crippen LogP contribution in [-0.4, -0.2) is 25.0 Å². The van der Waals surface area contributed by atoms with E-state index in [1.807, 2.05) is 31.2 Å². The van der Waals surface area contributed by atoms with Crippen molar-refractivity contribution in [1.29, 1.82) is 0 Å². The lowest BCUT2D eigenvalue weighted by molar-refractivity contribution is -0.143. The van der Waals surface area contributed by atoms with Gasteiger partial charge < -0.3 is 15.8 Å². The summed E-state index contributed by atoms with van der Waals surface area (Å²) in [5.41, 5.74) is 6.75. The topological polar surface area (TPSA) is 81.4 Å². The van der Waals surface area contributed by atoms with Gasteiger partial charge in [-0.05, 0) is 29.3 Å². The number of rotatable bonds is 6. The Hall–Kier alpha value is -2.56. The van der Waals surface area contributed by atoms with E-state index in [0.717, 1.165) is 23.6 Å². The van der Waals surface area contributed by atoms with Gasteiger partial charge in [-0.15, -0.1) is 0 Å². The first-order valence-corrected chi connectivity index (χ1v) is 7.73. The highest BCUT2D eigenvalue weighted by molar-refractivity contribution is 6.05. The number of nitrogen functional groups attached to an aromatic ring is 1. The van der Waals surface area contributed by atoms with Crippen molar-refractivity contribution in [3.8, 4) is 0 Å². The van der Waals surface area contributed by atoms with E-state index in [-0.39, 0.29) is 5.91 Å². The van der Waals surface area contributed by atoms with Crippen LogP contribution in [0.15, 0.2) is 36.4 Å². The molecule has 5 nitrogen and oxygen atoms in total. The molecule has 0 saturated heterocycles. The van der Waals surface area contributed by atoms with Gasteiger partial charge in [0.2, 0.25) is 0 Å². The van der Waals surface area contributed by atoms with Gasteiger partial charge in [0.05, 0.1) is 12.7 Å². The van der Waals surface area contributed by atoms with Crippen molar-refractivity contribution < 1.29 is 14.3 Å². The van der Waals surface area contributed by atoms with Gasteiger partial charge in [0.1, 0.15) is 6.04 Å². The fraction of sp³-hybridized carbons (Fsp3) is 0.333. The van der Waals surface area contributed by atoms with Crippen LogP contribution in [0.5, 0.6) is 0 Å². The van der Waals surface area contributed by atoms with Crippen LogP contribution >= 0.6 is 0 Å². The standard InChI is InChI=1S/C18H22N2O3/c1-3-4-9-16(18(22)23-2)20-17(21)14-10-12-7-5-6-8-13(12)11-15(14)19/h5-8,10-11,16H,3-4,9,19H2,1-2H3,(H,20,21)/t16-/m0/s1. The Kier molecular flexibility index (Phi) is 5.57. The Morgan fingerprint density at radius 2 is 1.87 bits per heavy atom. The summed E-state index contributed by atoms with van der Waals surface area (Å²) in [4.78, 5) is 24.3. The van der Waals surface area contributed by atoms with Crippen molar-refractivity contribution in [2.24, 2.45) is 0 Å². The fourth-order valence-corrected chi connectivity index (χ4v) is 2.49. The third kappa shape index (κ3) is 4.00. The second-order valence-corrected chi connectivity index (χ2v) is 5.48. The number of anilines is 1. The molecule has 3 N–H and O–H groups in total. The Labute approximate surface area is 135 Å². The summed E-state index contributed by atoms with van der Waals surface area (Å²) in [5, 5.41) is 4.63. The monoisotopic (exact) mass is 314 g/mol. The van der Waals surface area contributed by atoms with Crippen molar-refractivity contribution in [2.45, 2.75) is 32.2 Å². The maximum Gasteiger partial charge on any atom is 0.328 e. The smallest absolute Gasteiger partial charge is 0.328 e. The third-order valence-corrected chi connectivity index (χ3v) is 3.80. The number of nitrogens with two attached hydrogens (primary N) is 1. The first kappa shape index (κ1) is 16.8. The summed E-state index contributed by atoms with van der Waals surface area (Å²) >= 11 is 0. The molecule has 0 fully saturated rings. The molecule has 2 aromatic rings. The number of methoxy groups -OCH3 is 1. The van der Waals surface area contributed by atoms with E-state index < -0.39 is 12.0 Å². The molecule has 1 amide bonds. The number of nitrogens with one attached hydrogen (secondary N) is 1. The van der Waals surface area contributed by atoms with Gasteiger partial charge in [0, 0.05) is 5.69 Å². The molecule has 0 aliphatic rings. The van der Waals surface area contributed by atoms with Crippen LogP contribution in [0.2, 0.25) is 0 Å². The average Bonchev–Trinajstić information content (AvgIpc) is 2.56. The predicted octanol–water partition coefficient (Wildman–Crippen LogP) is 2.88. The average molecular weight is 314 g/mol. The normalized spacial score (nSPS) is 11.9. The van der Waals surface area contributed by atoms with Crippen molar-refractivity contribution in [3.05, 3.63) is 42.0 Å². The second-order valence-electron chi connectivity index (χ2n) is 5.48. The van der Waals surface area contributed by atoms with E-state index in [4.69, 9.17) is 10.5 Å². The SMILES string of the molecule is CCCC[C@H](NC(=O)c1cc2ccccc2cc1N)C(=O)OC. The Bertz CT molecular complexity index is 712. The number of amides is 1. The largest absolute Gasteiger partial charge is 0.467 e. The number of carbonyl (C=O) groups excluding carboxylic acids is 2. The van der Waals surface area contributed by atoms with Crippen molar-refractivity contribution in [2.75, 3.05) is 12.8 Å². The van der Waals surface area contributed by atoms with Crippen LogP contribution in [-0.2, 0) is 9.53 Å². The molecule has 122 valence electrons. The number of benzene rings is 2. The first-order chi connectivity index (χ1) is 11.1. The highest BCUT2D eigenvalue weighted by atomic mass is 16.5. The van der Waals surface area contributed by atoms with Crippen LogP contribution < -0.4 is 11.1 Å². The third-order valence-electron chi connectivity index (χ3n) is 3.80. The Morgan fingerprint density at radius 1 is 1.22 bits per heavy atom. The molecule has 0 bridgehead atoms. The van der Waals surface area contributed by atoms with Crippen LogP contribution in [0.3, 0.4) is 0 Å². The summed E-state index contributed by atoms with van der Waals surface area (Å²) in [6.07, 6.45) is 2.30. The minimum absolute atomic E-state index is 0.361. The molecule has 5 heteroatoms. The summed E-state index contributed by atoms with van der Waals surface area (Å²) in [7, 11) is 1.32. The van der Waals surface area contributed by atoms with Gasteiger partial charge in [0.15, 0.2) is 0 Å². The van der Waals surface area contributed by atoms with E-state index >= 15 is 0 Å². The Balaban J connectivity index is 2.24. The highest BCUT2D eigenvalue weighted by Gasteiger charge is 2.22. The molecule has 1 atom stereocenters. The molecule has 0 unspecified atom stereocenters. The lowest BCUT2D eigenvalue weighted by atomic mass is 10.0. The van der Waals surface area contributed by atoms with Gasteiger partial charge in [-0.3, -0.25) is 4.79 Å². The Morgan fingerprint density at radius 3 is 2.48 bits per heavy atom. The van der Waals surface area contributed by atoms with Gasteiger partial charge in [0.25, 0.3) is 5.91 Å².